The molecule has 148 valence electrons. The lowest BCUT2D eigenvalue weighted by Crippen LogP contribution is -2.28. The summed E-state index contributed by atoms with van der Waals surface area (Å²) in [5.41, 5.74) is 1.51. The topological polar surface area (TPSA) is 77.0 Å². The Hall–Kier alpha value is -3.32. The SMILES string of the molecule is CC(=O)N[C@@H](C)/C=C/c1ccc(Oc2ccc(-c3ncc(F)cn3)cc2Cl)nc1. The maximum atomic E-state index is 13.0. The lowest BCUT2D eigenvalue weighted by Gasteiger charge is -2.09. The molecule has 0 bridgehead atoms. The number of aromatic nitrogens is 3. The lowest BCUT2D eigenvalue weighted by atomic mass is 10.2. The molecular weight excluding hydrogens is 395 g/mol. The van der Waals surface area contributed by atoms with Gasteiger partial charge in [0.25, 0.3) is 0 Å². The van der Waals surface area contributed by atoms with Gasteiger partial charge in [-0.25, -0.2) is 19.3 Å². The molecule has 2 heterocycles. The molecule has 0 aliphatic carbocycles. The highest BCUT2D eigenvalue weighted by Gasteiger charge is 2.09. The molecule has 0 fully saturated rings. The zero-order valence-corrected chi connectivity index (χ0v) is 16.5. The molecule has 2 aromatic heterocycles. The van der Waals surface area contributed by atoms with Crippen LogP contribution in [0.5, 0.6) is 11.6 Å². The summed E-state index contributed by atoms with van der Waals surface area (Å²) in [6, 6.07) is 8.53. The van der Waals surface area contributed by atoms with E-state index in [1.807, 2.05) is 25.1 Å². The summed E-state index contributed by atoms with van der Waals surface area (Å²) in [7, 11) is 0. The van der Waals surface area contributed by atoms with Crippen LogP contribution in [0, 0.1) is 5.82 Å². The molecule has 0 aliphatic heterocycles. The fraction of sp³-hybridized carbons (Fsp3) is 0.143. The molecule has 0 saturated carbocycles. The Morgan fingerprint density at radius 3 is 2.55 bits per heavy atom. The number of carbonyl (C=O) groups is 1. The molecule has 29 heavy (non-hydrogen) atoms. The second kappa shape index (κ2) is 9.25. The van der Waals surface area contributed by atoms with Gasteiger partial charge in [-0.3, -0.25) is 4.79 Å². The molecule has 8 heteroatoms. The number of hydrogen-bond acceptors (Lipinski definition) is 5. The Labute approximate surface area is 172 Å². The summed E-state index contributed by atoms with van der Waals surface area (Å²) < 4.78 is 18.7. The number of pyridine rings is 1. The minimum atomic E-state index is -0.506. The Morgan fingerprint density at radius 1 is 1.17 bits per heavy atom. The van der Waals surface area contributed by atoms with Crippen molar-refractivity contribution in [3.8, 4) is 23.0 Å². The van der Waals surface area contributed by atoms with Gasteiger partial charge in [-0.15, -0.1) is 0 Å². The van der Waals surface area contributed by atoms with Crippen molar-refractivity contribution in [2.45, 2.75) is 19.9 Å². The van der Waals surface area contributed by atoms with Gasteiger partial charge in [0.1, 0.15) is 5.75 Å². The number of carbonyl (C=O) groups excluding carboxylic acids is 1. The van der Waals surface area contributed by atoms with E-state index in [1.54, 1.807) is 30.5 Å². The first-order valence-electron chi connectivity index (χ1n) is 8.77. The number of benzene rings is 1. The van der Waals surface area contributed by atoms with Crippen molar-refractivity contribution < 1.29 is 13.9 Å². The van der Waals surface area contributed by atoms with Gasteiger partial charge in [-0.1, -0.05) is 23.8 Å². The summed E-state index contributed by atoms with van der Waals surface area (Å²) >= 11 is 6.29. The first-order chi connectivity index (χ1) is 13.9. The van der Waals surface area contributed by atoms with E-state index in [1.165, 1.54) is 6.92 Å². The van der Waals surface area contributed by atoms with Crippen molar-refractivity contribution in [1.29, 1.82) is 0 Å². The number of hydrogen-bond donors (Lipinski definition) is 1. The molecular formula is C21H18ClFN4O2. The third-order valence-corrected chi connectivity index (χ3v) is 4.09. The summed E-state index contributed by atoms with van der Waals surface area (Å²) in [5, 5.41) is 3.12. The quantitative estimate of drug-likeness (QED) is 0.637. The van der Waals surface area contributed by atoms with Crippen LogP contribution in [0.15, 0.2) is 55.0 Å². The van der Waals surface area contributed by atoms with Crippen molar-refractivity contribution in [1.82, 2.24) is 20.3 Å². The highest BCUT2D eigenvalue weighted by Crippen LogP contribution is 2.31. The third kappa shape index (κ3) is 5.83. The molecule has 3 rings (SSSR count). The second-order valence-electron chi connectivity index (χ2n) is 6.25. The fourth-order valence-electron chi connectivity index (χ4n) is 2.47. The predicted octanol–water partition coefficient (Wildman–Crippen LogP) is 4.66. The molecule has 1 aromatic carbocycles. The van der Waals surface area contributed by atoms with Crippen LogP contribution in [0.1, 0.15) is 19.4 Å². The molecule has 0 unspecified atom stereocenters. The Bertz CT molecular complexity index is 1020. The van der Waals surface area contributed by atoms with Crippen molar-refractivity contribution in [2.75, 3.05) is 0 Å². The first kappa shape index (κ1) is 20.4. The number of halogens is 2. The Balaban J connectivity index is 1.67. The number of nitrogens with one attached hydrogen (secondary N) is 1. The molecule has 1 atom stereocenters. The first-order valence-corrected chi connectivity index (χ1v) is 9.15. The maximum Gasteiger partial charge on any atom is 0.219 e. The number of amides is 1. The molecule has 0 aliphatic rings. The van der Waals surface area contributed by atoms with Crippen LogP contribution in [-0.4, -0.2) is 26.9 Å². The van der Waals surface area contributed by atoms with Gasteiger partial charge in [-0.2, -0.15) is 0 Å². The Morgan fingerprint density at radius 2 is 1.93 bits per heavy atom. The summed E-state index contributed by atoms with van der Waals surface area (Å²) in [4.78, 5) is 23.1. The summed E-state index contributed by atoms with van der Waals surface area (Å²) in [6.07, 6.45) is 7.57. The average molecular weight is 413 g/mol. The van der Waals surface area contributed by atoms with Crippen LogP contribution in [0.25, 0.3) is 17.5 Å². The van der Waals surface area contributed by atoms with Gasteiger partial charge in [0, 0.05) is 30.8 Å². The highest BCUT2D eigenvalue weighted by molar-refractivity contribution is 6.32. The molecule has 1 amide bonds. The second-order valence-corrected chi connectivity index (χ2v) is 6.66. The monoisotopic (exact) mass is 412 g/mol. The molecule has 0 spiro atoms. The smallest absolute Gasteiger partial charge is 0.219 e. The maximum absolute atomic E-state index is 13.0. The van der Waals surface area contributed by atoms with Crippen molar-refractivity contribution >= 4 is 23.6 Å². The standard InChI is InChI=1S/C21H18ClFN4O2/c1-13(27-14(2)28)3-4-15-5-8-20(24-10-15)29-19-7-6-16(9-18(19)22)21-25-11-17(23)12-26-21/h3-13H,1-2H3,(H,27,28)/b4-3+/t13-/m0/s1. The van der Waals surface area contributed by atoms with Crippen LogP contribution in [0.4, 0.5) is 4.39 Å². The van der Waals surface area contributed by atoms with Gasteiger partial charge in [0.05, 0.1) is 17.4 Å². The zero-order chi connectivity index (χ0) is 20.8. The van der Waals surface area contributed by atoms with Crippen LogP contribution in [-0.2, 0) is 4.79 Å². The molecule has 3 aromatic rings. The summed E-state index contributed by atoms with van der Waals surface area (Å²) in [6.45, 7) is 3.35. The van der Waals surface area contributed by atoms with Crippen molar-refractivity contribution in [3.05, 3.63) is 71.4 Å². The van der Waals surface area contributed by atoms with Crippen LogP contribution in [0.2, 0.25) is 5.02 Å². The van der Waals surface area contributed by atoms with Gasteiger partial charge < -0.3 is 10.1 Å². The molecule has 0 saturated heterocycles. The van der Waals surface area contributed by atoms with E-state index in [4.69, 9.17) is 16.3 Å². The van der Waals surface area contributed by atoms with E-state index in [2.05, 4.69) is 20.3 Å². The van der Waals surface area contributed by atoms with Gasteiger partial charge >= 0.3 is 0 Å². The van der Waals surface area contributed by atoms with E-state index in [0.29, 0.717) is 28.0 Å². The lowest BCUT2D eigenvalue weighted by molar-refractivity contribution is -0.119. The molecule has 6 nitrogen and oxygen atoms in total. The van der Waals surface area contributed by atoms with E-state index in [9.17, 15) is 9.18 Å². The summed E-state index contributed by atoms with van der Waals surface area (Å²) in [5.74, 6) is 0.576. The van der Waals surface area contributed by atoms with E-state index >= 15 is 0 Å². The largest absolute Gasteiger partial charge is 0.437 e. The van der Waals surface area contributed by atoms with Crippen LogP contribution >= 0.6 is 11.6 Å². The predicted molar refractivity (Wildman–Crippen MR) is 109 cm³/mol. The molecule has 0 radical (unpaired) electrons. The van der Waals surface area contributed by atoms with E-state index < -0.39 is 5.82 Å². The fourth-order valence-corrected chi connectivity index (χ4v) is 2.69. The number of ether oxygens (including phenoxy) is 1. The normalized spacial score (nSPS) is 12.0. The Kier molecular flexibility index (Phi) is 6.51. The minimum Gasteiger partial charge on any atom is -0.437 e. The number of rotatable bonds is 6. The molecule has 1 N–H and O–H groups in total. The van der Waals surface area contributed by atoms with Crippen LogP contribution < -0.4 is 10.1 Å². The number of nitrogens with zero attached hydrogens (tertiary/aromatic N) is 3. The van der Waals surface area contributed by atoms with Gasteiger partial charge in [-0.05, 0) is 36.8 Å². The average Bonchev–Trinajstić information content (AvgIpc) is 2.69. The zero-order valence-electron chi connectivity index (χ0n) is 15.8. The van der Waals surface area contributed by atoms with Crippen LogP contribution in [0.3, 0.4) is 0 Å². The van der Waals surface area contributed by atoms with E-state index in [-0.39, 0.29) is 11.9 Å². The van der Waals surface area contributed by atoms with Gasteiger partial charge in [0.15, 0.2) is 11.6 Å². The van der Waals surface area contributed by atoms with Gasteiger partial charge in [0.2, 0.25) is 11.8 Å². The van der Waals surface area contributed by atoms with E-state index in [0.717, 1.165) is 18.0 Å². The van der Waals surface area contributed by atoms with Crippen molar-refractivity contribution in [2.24, 2.45) is 0 Å². The highest BCUT2D eigenvalue weighted by atomic mass is 35.5. The van der Waals surface area contributed by atoms with Crippen molar-refractivity contribution in [3.63, 3.8) is 0 Å². The third-order valence-electron chi connectivity index (χ3n) is 3.79. The minimum absolute atomic E-state index is 0.0779.